The zero-order valence-corrected chi connectivity index (χ0v) is 17.7. The van der Waals surface area contributed by atoms with Crippen molar-refractivity contribution in [2.24, 2.45) is 0 Å². The van der Waals surface area contributed by atoms with Gasteiger partial charge in [-0.25, -0.2) is 0 Å². The maximum Gasteiger partial charge on any atom is 0.161 e. The van der Waals surface area contributed by atoms with E-state index in [1.807, 2.05) is 30.4 Å². The fraction of sp³-hybridized carbons (Fsp3) is 0.480. The second-order valence-corrected chi connectivity index (χ2v) is 8.30. The van der Waals surface area contributed by atoms with Crippen LogP contribution in [0.15, 0.2) is 48.8 Å². The number of rotatable bonds is 7. The fourth-order valence-corrected chi connectivity index (χ4v) is 4.52. The van der Waals surface area contributed by atoms with E-state index in [0.717, 1.165) is 55.8 Å². The van der Waals surface area contributed by atoms with Gasteiger partial charge in [0.2, 0.25) is 0 Å². The van der Waals surface area contributed by atoms with Crippen molar-refractivity contribution in [2.75, 3.05) is 20.2 Å². The lowest BCUT2D eigenvalue weighted by atomic mass is 9.89. The molecule has 5 nitrogen and oxygen atoms in total. The molecule has 2 fully saturated rings. The Labute approximate surface area is 179 Å². The van der Waals surface area contributed by atoms with E-state index in [0.29, 0.717) is 12.0 Å². The molecule has 1 aliphatic heterocycles. The molecule has 0 spiro atoms. The Hall–Kier alpha value is -2.37. The number of hydrogen-bond acceptors (Lipinski definition) is 5. The molecule has 0 radical (unpaired) electrons. The molecular weight excluding hydrogens is 376 g/mol. The van der Waals surface area contributed by atoms with Gasteiger partial charge in [0.05, 0.1) is 13.2 Å². The highest BCUT2D eigenvalue weighted by Gasteiger charge is 2.25. The summed E-state index contributed by atoms with van der Waals surface area (Å²) in [7, 11) is 1.70. The van der Waals surface area contributed by atoms with Crippen LogP contribution in [0.3, 0.4) is 0 Å². The predicted molar refractivity (Wildman–Crippen MR) is 119 cm³/mol. The average molecular weight is 409 g/mol. The summed E-state index contributed by atoms with van der Waals surface area (Å²) in [6.45, 7) is 1.74. The van der Waals surface area contributed by atoms with E-state index in [4.69, 9.17) is 9.47 Å². The Bertz CT molecular complexity index is 826. The molecule has 1 N–H and O–H groups in total. The molecule has 1 unspecified atom stereocenters. The lowest BCUT2D eigenvalue weighted by Gasteiger charge is -2.34. The normalized spacial score (nSPS) is 19.9. The zero-order valence-electron chi connectivity index (χ0n) is 17.7. The van der Waals surface area contributed by atoms with Crippen LogP contribution in [0.4, 0.5) is 0 Å². The van der Waals surface area contributed by atoms with E-state index in [2.05, 4.69) is 22.0 Å². The summed E-state index contributed by atoms with van der Waals surface area (Å²) in [5.74, 6) is 2.18. The number of aliphatic hydroxyl groups excluding tert-OH is 1. The Morgan fingerprint density at radius 2 is 1.90 bits per heavy atom. The monoisotopic (exact) mass is 408 g/mol. The molecule has 2 heterocycles. The third kappa shape index (κ3) is 5.21. The molecule has 4 rings (SSSR count). The summed E-state index contributed by atoms with van der Waals surface area (Å²) in [5, 5.41) is 10.5. The van der Waals surface area contributed by atoms with Crippen molar-refractivity contribution >= 4 is 6.08 Å². The zero-order chi connectivity index (χ0) is 20.8. The standard InChI is InChI=1S/C25H32N2O3/c1-29-23-10-9-21(17-24(23)30-22-6-2-3-7-22)20-12-15-27(16-13-20)25(28)11-8-19-5-4-14-26-18-19/h4-5,8-11,14,17-18,20,22,25,28H,2-3,6-7,12-13,15-16H2,1H3/b11-8+. The quantitative estimate of drug-likeness (QED) is 0.724. The maximum atomic E-state index is 10.5. The molecule has 1 atom stereocenters. The smallest absolute Gasteiger partial charge is 0.161 e. The Morgan fingerprint density at radius 3 is 2.60 bits per heavy atom. The Morgan fingerprint density at radius 1 is 1.10 bits per heavy atom. The molecule has 1 aromatic heterocycles. The second-order valence-electron chi connectivity index (χ2n) is 8.30. The van der Waals surface area contributed by atoms with Crippen LogP contribution in [0.2, 0.25) is 0 Å². The number of nitrogens with zero attached hydrogens (tertiary/aromatic N) is 2. The van der Waals surface area contributed by atoms with Crippen LogP contribution in [-0.4, -0.2) is 47.5 Å². The number of hydrogen-bond donors (Lipinski definition) is 1. The molecule has 30 heavy (non-hydrogen) atoms. The van der Waals surface area contributed by atoms with E-state index in [-0.39, 0.29) is 0 Å². The van der Waals surface area contributed by atoms with Gasteiger partial charge in [0.25, 0.3) is 0 Å². The van der Waals surface area contributed by atoms with Crippen LogP contribution in [0, 0.1) is 0 Å². The van der Waals surface area contributed by atoms with E-state index >= 15 is 0 Å². The predicted octanol–water partition coefficient (Wildman–Crippen LogP) is 4.62. The largest absolute Gasteiger partial charge is 0.493 e. The lowest BCUT2D eigenvalue weighted by Crippen LogP contribution is -2.39. The molecule has 5 heteroatoms. The van der Waals surface area contributed by atoms with Gasteiger partial charge in [-0.15, -0.1) is 0 Å². The minimum atomic E-state index is -0.566. The Kier molecular flexibility index (Phi) is 7.03. The molecule has 1 saturated carbocycles. The SMILES string of the molecule is COc1ccc(C2CCN(C(O)/C=C/c3cccnc3)CC2)cc1OC1CCCC1. The first kappa shape index (κ1) is 20.9. The van der Waals surface area contributed by atoms with E-state index < -0.39 is 6.23 Å². The van der Waals surface area contributed by atoms with Crippen molar-refractivity contribution in [3.05, 3.63) is 59.9 Å². The van der Waals surface area contributed by atoms with Gasteiger partial charge in [-0.2, -0.15) is 0 Å². The number of benzene rings is 1. The molecule has 2 aliphatic rings. The van der Waals surface area contributed by atoms with Crippen LogP contribution in [0.5, 0.6) is 11.5 Å². The lowest BCUT2D eigenvalue weighted by molar-refractivity contribution is 0.0247. The summed E-state index contributed by atoms with van der Waals surface area (Å²) >= 11 is 0. The third-order valence-corrected chi connectivity index (χ3v) is 6.30. The third-order valence-electron chi connectivity index (χ3n) is 6.30. The molecule has 1 aromatic carbocycles. The van der Waals surface area contributed by atoms with Crippen molar-refractivity contribution in [3.8, 4) is 11.5 Å². The average Bonchev–Trinajstić information content (AvgIpc) is 3.31. The first-order chi connectivity index (χ1) is 14.7. The van der Waals surface area contributed by atoms with Gasteiger partial charge in [0.1, 0.15) is 6.23 Å². The van der Waals surface area contributed by atoms with Gasteiger partial charge in [-0.1, -0.05) is 18.2 Å². The molecular formula is C25H32N2O3. The number of aliphatic hydroxyl groups is 1. The number of pyridine rings is 1. The summed E-state index contributed by atoms with van der Waals surface area (Å²) in [6, 6.07) is 10.3. The summed E-state index contributed by atoms with van der Waals surface area (Å²) in [4.78, 5) is 6.23. The van der Waals surface area contributed by atoms with Crippen LogP contribution >= 0.6 is 0 Å². The van der Waals surface area contributed by atoms with Gasteiger partial charge in [0.15, 0.2) is 11.5 Å². The minimum absolute atomic E-state index is 0.317. The maximum absolute atomic E-state index is 10.5. The first-order valence-electron chi connectivity index (χ1n) is 11.1. The summed E-state index contributed by atoms with van der Waals surface area (Å²) < 4.78 is 11.8. The molecule has 160 valence electrons. The molecule has 1 saturated heterocycles. The highest BCUT2D eigenvalue weighted by Crippen LogP contribution is 2.37. The highest BCUT2D eigenvalue weighted by molar-refractivity contribution is 5.48. The number of piperidine rings is 1. The number of likely N-dealkylation sites (tertiary alicyclic amines) is 1. The van der Waals surface area contributed by atoms with Gasteiger partial charge in [0, 0.05) is 25.5 Å². The Balaban J connectivity index is 1.35. The second kappa shape index (κ2) is 10.1. The van der Waals surface area contributed by atoms with Gasteiger partial charge < -0.3 is 14.6 Å². The van der Waals surface area contributed by atoms with Gasteiger partial charge in [-0.3, -0.25) is 9.88 Å². The minimum Gasteiger partial charge on any atom is -0.493 e. The van der Waals surface area contributed by atoms with Crippen LogP contribution in [0.1, 0.15) is 55.6 Å². The van der Waals surface area contributed by atoms with Crippen LogP contribution in [-0.2, 0) is 0 Å². The molecule has 0 bridgehead atoms. The van der Waals surface area contributed by atoms with E-state index in [1.165, 1.54) is 18.4 Å². The molecule has 0 amide bonds. The summed E-state index contributed by atoms with van der Waals surface area (Å²) in [6.07, 6.45) is 13.9. The van der Waals surface area contributed by atoms with Crippen LogP contribution in [0.25, 0.3) is 6.08 Å². The van der Waals surface area contributed by atoms with Crippen molar-refractivity contribution in [3.63, 3.8) is 0 Å². The molecule has 2 aromatic rings. The summed E-state index contributed by atoms with van der Waals surface area (Å²) in [5.41, 5.74) is 2.31. The van der Waals surface area contributed by atoms with Crippen molar-refractivity contribution < 1.29 is 14.6 Å². The molecule has 1 aliphatic carbocycles. The number of ether oxygens (including phenoxy) is 2. The van der Waals surface area contributed by atoms with E-state index in [9.17, 15) is 5.11 Å². The number of aromatic nitrogens is 1. The van der Waals surface area contributed by atoms with Crippen molar-refractivity contribution in [1.82, 2.24) is 9.88 Å². The van der Waals surface area contributed by atoms with E-state index in [1.54, 1.807) is 19.5 Å². The first-order valence-corrected chi connectivity index (χ1v) is 11.1. The topological polar surface area (TPSA) is 54.8 Å². The van der Waals surface area contributed by atoms with Crippen molar-refractivity contribution in [2.45, 2.75) is 56.8 Å². The van der Waals surface area contributed by atoms with Gasteiger partial charge in [-0.05, 0) is 79.8 Å². The number of methoxy groups -OCH3 is 1. The fourth-order valence-electron chi connectivity index (χ4n) is 4.52. The van der Waals surface area contributed by atoms with Crippen molar-refractivity contribution in [1.29, 1.82) is 0 Å². The highest BCUT2D eigenvalue weighted by atomic mass is 16.5. The van der Waals surface area contributed by atoms with Crippen LogP contribution < -0.4 is 9.47 Å². The van der Waals surface area contributed by atoms with Gasteiger partial charge >= 0.3 is 0 Å².